The third-order valence-corrected chi connectivity index (χ3v) is 7.21. The van der Waals surface area contributed by atoms with E-state index in [2.05, 4.69) is 10.9 Å². The second-order valence-corrected chi connectivity index (χ2v) is 11.3. The number of nitrogens with one attached hydrogen (secondary N) is 2. The number of phenols is 1. The number of aryl methyl sites for hydroxylation is 2. The summed E-state index contributed by atoms with van der Waals surface area (Å²) in [6, 6.07) is 9.19. The van der Waals surface area contributed by atoms with Crippen LogP contribution in [0.25, 0.3) is 0 Å². The second kappa shape index (κ2) is 15.0. The molecule has 11 nitrogen and oxygen atoms in total. The minimum Gasteiger partial charge on any atom is -0.508 e. The monoisotopic (exact) mass is 565 g/mol. The number of benzene rings is 2. The lowest BCUT2D eigenvalue weighted by Crippen LogP contribution is -2.50. The van der Waals surface area contributed by atoms with E-state index in [0.717, 1.165) is 27.8 Å². The number of phenolic OH excluding ortho intramolecular Hbond substituents is 1. The molecule has 2 rings (SSSR count). The van der Waals surface area contributed by atoms with Crippen LogP contribution in [0.1, 0.15) is 61.4 Å². The maximum Gasteiger partial charge on any atom is 0.333 e. The number of nitrogens with zero attached hydrogens (tertiary/aromatic N) is 1. The van der Waals surface area contributed by atoms with Crippen LogP contribution in [0.4, 0.5) is 0 Å². The molecule has 0 radical (unpaired) electrons. The molecule has 0 aliphatic carbocycles. The summed E-state index contributed by atoms with van der Waals surface area (Å²) < 4.78 is 28.5. The number of esters is 2. The third kappa shape index (κ3) is 9.94. The Morgan fingerprint density at radius 2 is 1.51 bits per heavy atom. The molecule has 0 aromatic heterocycles. The van der Waals surface area contributed by atoms with Gasteiger partial charge in [-0.25, -0.2) is 10.9 Å². The van der Waals surface area contributed by atoms with Gasteiger partial charge in [-0.3, -0.25) is 14.2 Å². The summed E-state index contributed by atoms with van der Waals surface area (Å²) in [6.07, 6.45) is 0.0202. The summed E-state index contributed by atoms with van der Waals surface area (Å²) in [5, 5.41) is 10.1. The zero-order chi connectivity index (χ0) is 29.2. The van der Waals surface area contributed by atoms with Gasteiger partial charge >= 0.3 is 19.5 Å². The first kappa shape index (κ1) is 32.3. The molecule has 1 atom stereocenters. The molecule has 12 heteroatoms. The van der Waals surface area contributed by atoms with Crippen LogP contribution in [0.15, 0.2) is 30.3 Å². The molecule has 0 aliphatic heterocycles. The van der Waals surface area contributed by atoms with Gasteiger partial charge in [0, 0.05) is 0 Å². The Morgan fingerprint density at radius 1 is 0.974 bits per heavy atom. The van der Waals surface area contributed by atoms with Crippen LogP contribution in [-0.2, 0) is 30.0 Å². The highest BCUT2D eigenvalue weighted by atomic mass is 31.2. The number of hydrogen-bond acceptors (Lipinski definition) is 9. The molecule has 216 valence electrons. The Hall–Kier alpha value is -2.95. The van der Waals surface area contributed by atoms with Crippen molar-refractivity contribution in [2.24, 2.45) is 0 Å². The molecule has 0 saturated carbocycles. The van der Waals surface area contributed by atoms with E-state index in [-0.39, 0.29) is 24.9 Å². The van der Waals surface area contributed by atoms with E-state index >= 15 is 0 Å². The first-order valence-corrected chi connectivity index (χ1v) is 14.6. The number of rotatable bonds is 15. The largest absolute Gasteiger partial charge is 0.508 e. The molecule has 0 fully saturated rings. The van der Waals surface area contributed by atoms with E-state index < -0.39 is 38.9 Å². The molecular weight excluding hydrogens is 525 g/mol. The minimum atomic E-state index is -4.29. The fourth-order valence-electron chi connectivity index (χ4n) is 3.89. The Balaban J connectivity index is 2.15. The summed E-state index contributed by atoms with van der Waals surface area (Å²) in [5.41, 5.74) is 9.88. The molecule has 0 spiro atoms. The van der Waals surface area contributed by atoms with Gasteiger partial charge in [0.05, 0.1) is 13.2 Å². The van der Waals surface area contributed by atoms with Gasteiger partial charge in [0.1, 0.15) is 24.6 Å². The maximum atomic E-state index is 13.1. The van der Waals surface area contributed by atoms with E-state index in [1.165, 1.54) is 0 Å². The van der Waals surface area contributed by atoms with Gasteiger partial charge in [-0.1, -0.05) is 30.9 Å². The molecule has 1 unspecified atom stereocenters. The van der Waals surface area contributed by atoms with Crippen LogP contribution in [0.3, 0.4) is 0 Å². The number of aromatic hydroxyl groups is 1. The summed E-state index contributed by atoms with van der Waals surface area (Å²) in [5.74, 6) is -0.417. The van der Waals surface area contributed by atoms with Gasteiger partial charge in [0.15, 0.2) is 6.35 Å². The van der Waals surface area contributed by atoms with Crippen molar-refractivity contribution < 1.29 is 38.4 Å². The van der Waals surface area contributed by atoms with Crippen LogP contribution >= 0.6 is 7.52 Å². The first-order valence-electron chi connectivity index (χ1n) is 12.8. The maximum absolute atomic E-state index is 13.1. The van der Waals surface area contributed by atoms with E-state index in [0.29, 0.717) is 17.1 Å². The highest BCUT2D eigenvalue weighted by Crippen LogP contribution is 2.42. The summed E-state index contributed by atoms with van der Waals surface area (Å²) in [6.45, 7) is 10.7. The summed E-state index contributed by atoms with van der Waals surface area (Å²) in [4.78, 5) is 34.9. The molecule has 0 aliphatic rings. The van der Waals surface area contributed by atoms with Crippen molar-refractivity contribution in [3.63, 3.8) is 0 Å². The van der Waals surface area contributed by atoms with Crippen molar-refractivity contribution in [2.45, 2.75) is 53.9 Å². The predicted molar refractivity (Wildman–Crippen MR) is 147 cm³/mol. The summed E-state index contributed by atoms with van der Waals surface area (Å²) in [7, 11) is -4.29. The van der Waals surface area contributed by atoms with Crippen molar-refractivity contribution in [1.82, 2.24) is 15.7 Å². The lowest BCUT2D eigenvalue weighted by atomic mass is 9.93. The van der Waals surface area contributed by atoms with Gasteiger partial charge in [0.25, 0.3) is 0 Å². The van der Waals surface area contributed by atoms with Crippen molar-refractivity contribution in [2.75, 3.05) is 32.7 Å². The molecule has 39 heavy (non-hydrogen) atoms. The van der Waals surface area contributed by atoms with Gasteiger partial charge in [-0.15, -0.1) is 0 Å². The van der Waals surface area contributed by atoms with E-state index in [4.69, 9.17) is 14.2 Å². The van der Waals surface area contributed by atoms with Gasteiger partial charge in [-0.05, 0) is 86.1 Å². The highest BCUT2D eigenvalue weighted by molar-refractivity contribution is 7.55. The quantitative estimate of drug-likeness (QED) is 0.142. The average molecular weight is 566 g/mol. The van der Waals surface area contributed by atoms with Gasteiger partial charge < -0.3 is 24.2 Å². The number of carbonyl (C=O) groups excluding carboxylic acids is 2. The van der Waals surface area contributed by atoms with E-state index in [1.54, 1.807) is 32.0 Å². The SMILES string of the molecule is CCOC(=O)CNN(NCC(=O)OCC)P(=O)(O)COc1cc(C)c(Cc2ccc(O)c(C(C)C)c2)c(C)c1. The fourth-order valence-corrected chi connectivity index (χ4v) is 4.91. The number of ether oxygens (including phenoxy) is 3. The predicted octanol–water partition coefficient (Wildman–Crippen LogP) is 3.68. The average Bonchev–Trinajstić information content (AvgIpc) is 2.86. The van der Waals surface area contributed by atoms with Crippen molar-refractivity contribution in [1.29, 1.82) is 0 Å². The Morgan fingerprint density at radius 3 is 2.00 bits per heavy atom. The number of hydrogen-bond donors (Lipinski definition) is 4. The van der Waals surface area contributed by atoms with Crippen LogP contribution < -0.4 is 15.6 Å². The highest BCUT2D eigenvalue weighted by Gasteiger charge is 2.31. The number of hydrazine groups is 2. The second-order valence-electron chi connectivity index (χ2n) is 9.29. The normalized spacial score (nSPS) is 12.8. The molecule has 0 amide bonds. The lowest BCUT2D eigenvalue weighted by molar-refractivity contribution is -0.143. The van der Waals surface area contributed by atoms with E-state index in [9.17, 15) is 24.2 Å². The topological polar surface area (TPSA) is 147 Å². The lowest BCUT2D eigenvalue weighted by Gasteiger charge is -2.27. The zero-order valence-electron chi connectivity index (χ0n) is 23.4. The van der Waals surface area contributed by atoms with Gasteiger partial charge in [-0.2, -0.15) is 0 Å². The van der Waals surface area contributed by atoms with Crippen LogP contribution in [0.5, 0.6) is 11.5 Å². The summed E-state index contributed by atoms with van der Waals surface area (Å²) >= 11 is 0. The first-order chi connectivity index (χ1) is 18.4. The molecule has 2 aromatic rings. The fraction of sp³-hybridized carbons (Fsp3) is 0.481. The van der Waals surface area contributed by atoms with Crippen molar-refractivity contribution >= 4 is 19.5 Å². The van der Waals surface area contributed by atoms with Crippen molar-refractivity contribution in [3.8, 4) is 11.5 Å². The van der Waals surface area contributed by atoms with Crippen LogP contribution in [-0.4, -0.2) is 59.5 Å². The molecule has 0 saturated heterocycles. The van der Waals surface area contributed by atoms with Crippen LogP contribution in [0.2, 0.25) is 0 Å². The Kier molecular flexibility index (Phi) is 12.4. The Labute approximate surface area is 229 Å². The van der Waals surface area contributed by atoms with Crippen molar-refractivity contribution in [3.05, 3.63) is 58.1 Å². The molecular formula is C27H40N3O8P. The number of carbonyl (C=O) groups is 2. The molecule has 4 N–H and O–H groups in total. The molecule has 2 aromatic carbocycles. The van der Waals surface area contributed by atoms with E-state index in [1.807, 2.05) is 39.8 Å². The third-order valence-electron chi connectivity index (χ3n) is 5.83. The standard InChI is InChI=1S/C27H40N3O8P/c1-7-36-26(32)15-28-30(29-16-27(33)37-8-2)39(34,35)17-38-22-11-19(5)24(20(6)12-22)14-21-9-10-25(31)23(13-21)18(3)4/h9-13,18,28-29,31H,7-8,14-17H2,1-6H3,(H,34,35). The molecule has 0 heterocycles. The zero-order valence-corrected chi connectivity index (χ0v) is 24.3. The molecule has 0 bridgehead atoms. The smallest absolute Gasteiger partial charge is 0.333 e. The van der Waals surface area contributed by atoms with Gasteiger partial charge in [0.2, 0.25) is 0 Å². The Bertz CT molecular complexity index is 1140. The minimum absolute atomic E-state index is 0.150. The van der Waals surface area contributed by atoms with Crippen LogP contribution in [0, 0.1) is 13.8 Å².